The monoisotopic (exact) mass is 281 g/mol. The van der Waals surface area contributed by atoms with E-state index in [2.05, 4.69) is 0 Å². The molecule has 6 nitrogen and oxygen atoms in total. The Kier molecular flexibility index (Phi) is 4.81. The molecule has 0 aliphatic carbocycles. The van der Waals surface area contributed by atoms with Crippen LogP contribution in [0, 0.1) is 0 Å². The Morgan fingerprint density at radius 2 is 2.10 bits per heavy atom. The highest BCUT2D eigenvalue weighted by Crippen LogP contribution is 2.40. The lowest BCUT2D eigenvalue weighted by atomic mass is 9.99. The van der Waals surface area contributed by atoms with Crippen molar-refractivity contribution in [2.45, 2.75) is 25.5 Å². The molecule has 0 amide bonds. The molecule has 0 fully saturated rings. The third kappa shape index (κ3) is 3.20. The summed E-state index contributed by atoms with van der Waals surface area (Å²) in [7, 11) is 1.61. The van der Waals surface area contributed by atoms with Crippen LogP contribution in [0.25, 0.3) is 0 Å². The summed E-state index contributed by atoms with van der Waals surface area (Å²) in [5.74, 6) is 0.410. The van der Waals surface area contributed by atoms with E-state index in [0.29, 0.717) is 37.7 Å². The van der Waals surface area contributed by atoms with Gasteiger partial charge in [-0.3, -0.25) is 4.79 Å². The number of aliphatic carboxylic acids is 1. The Morgan fingerprint density at radius 1 is 1.40 bits per heavy atom. The van der Waals surface area contributed by atoms with E-state index in [1.165, 1.54) is 0 Å². The molecule has 1 aliphatic rings. The molecule has 1 heterocycles. The quantitative estimate of drug-likeness (QED) is 0.820. The van der Waals surface area contributed by atoms with Gasteiger partial charge in [0, 0.05) is 30.7 Å². The van der Waals surface area contributed by atoms with Crippen LogP contribution in [0.5, 0.6) is 11.5 Å². The highest BCUT2D eigenvalue weighted by Gasteiger charge is 2.23. The van der Waals surface area contributed by atoms with E-state index in [9.17, 15) is 4.79 Å². The van der Waals surface area contributed by atoms with Crippen molar-refractivity contribution >= 4 is 5.97 Å². The van der Waals surface area contributed by atoms with Gasteiger partial charge < -0.3 is 25.1 Å². The van der Waals surface area contributed by atoms with E-state index < -0.39 is 12.0 Å². The molecule has 0 saturated heterocycles. The summed E-state index contributed by atoms with van der Waals surface area (Å²) < 4.78 is 16.4. The molecule has 0 saturated carbocycles. The summed E-state index contributed by atoms with van der Waals surface area (Å²) in [5, 5.41) is 8.73. The lowest BCUT2D eigenvalue weighted by Gasteiger charge is -2.25. The minimum atomic E-state index is -0.859. The second-order valence-corrected chi connectivity index (χ2v) is 4.64. The minimum Gasteiger partial charge on any atom is -0.486 e. The van der Waals surface area contributed by atoms with E-state index in [0.717, 1.165) is 11.1 Å². The van der Waals surface area contributed by atoms with Crippen molar-refractivity contribution in [3.8, 4) is 11.5 Å². The van der Waals surface area contributed by atoms with Gasteiger partial charge in [-0.05, 0) is 6.42 Å². The number of hydrogen-bond acceptors (Lipinski definition) is 5. The summed E-state index contributed by atoms with van der Waals surface area (Å²) >= 11 is 0. The number of carboxylic acid groups (broad SMARTS) is 1. The van der Waals surface area contributed by atoms with Gasteiger partial charge in [-0.2, -0.15) is 0 Å². The Hall–Kier alpha value is -1.79. The number of methoxy groups -OCH3 is 1. The van der Waals surface area contributed by atoms with Crippen molar-refractivity contribution in [1.82, 2.24) is 0 Å². The van der Waals surface area contributed by atoms with Crippen LogP contribution in [0.2, 0.25) is 0 Å². The number of fused-ring (bicyclic) bond motifs is 1. The van der Waals surface area contributed by atoms with Gasteiger partial charge in [-0.25, -0.2) is 0 Å². The normalized spacial score (nSPS) is 14.9. The van der Waals surface area contributed by atoms with Crippen molar-refractivity contribution in [3.05, 3.63) is 23.3 Å². The van der Waals surface area contributed by atoms with Crippen LogP contribution in [0.15, 0.2) is 12.1 Å². The van der Waals surface area contributed by atoms with E-state index in [-0.39, 0.29) is 6.42 Å². The molecule has 1 aromatic carbocycles. The third-order valence-corrected chi connectivity index (χ3v) is 3.17. The molecule has 6 heteroatoms. The van der Waals surface area contributed by atoms with Gasteiger partial charge in [-0.1, -0.05) is 12.1 Å². The topological polar surface area (TPSA) is 91.0 Å². The van der Waals surface area contributed by atoms with Gasteiger partial charge in [0.15, 0.2) is 11.5 Å². The Bertz CT molecular complexity index is 489. The van der Waals surface area contributed by atoms with E-state index >= 15 is 0 Å². The van der Waals surface area contributed by atoms with E-state index in [1.807, 2.05) is 12.1 Å². The first-order valence-corrected chi connectivity index (χ1v) is 6.51. The molecule has 110 valence electrons. The third-order valence-electron chi connectivity index (χ3n) is 3.17. The molecular weight excluding hydrogens is 262 g/mol. The number of ether oxygens (including phenoxy) is 3. The SMILES string of the molecule is COCc1ccc(C(N)CCC(=O)O)c2c1OCCO2. The van der Waals surface area contributed by atoms with Crippen LogP contribution < -0.4 is 15.2 Å². The van der Waals surface area contributed by atoms with Crippen molar-refractivity contribution in [3.63, 3.8) is 0 Å². The summed E-state index contributed by atoms with van der Waals surface area (Å²) in [6.07, 6.45) is 0.380. The average Bonchev–Trinajstić information content (AvgIpc) is 2.45. The number of rotatable bonds is 6. The zero-order valence-corrected chi connectivity index (χ0v) is 11.4. The molecule has 3 N–H and O–H groups in total. The number of carbonyl (C=O) groups is 1. The predicted molar refractivity (Wildman–Crippen MR) is 71.9 cm³/mol. The van der Waals surface area contributed by atoms with Crippen LogP contribution in [-0.2, 0) is 16.1 Å². The Morgan fingerprint density at radius 3 is 2.75 bits per heavy atom. The number of carboxylic acids is 1. The molecule has 0 spiro atoms. The van der Waals surface area contributed by atoms with Gasteiger partial charge in [-0.15, -0.1) is 0 Å². The lowest BCUT2D eigenvalue weighted by molar-refractivity contribution is -0.137. The van der Waals surface area contributed by atoms with Gasteiger partial charge >= 0.3 is 5.97 Å². The molecule has 1 aromatic rings. The minimum absolute atomic E-state index is 0.0244. The smallest absolute Gasteiger partial charge is 0.303 e. The van der Waals surface area contributed by atoms with Gasteiger partial charge in [0.2, 0.25) is 0 Å². The Labute approximate surface area is 117 Å². The van der Waals surface area contributed by atoms with Crippen molar-refractivity contribution in [1.29, 1.82) is 0 Å². The molecule has 1 unspecified atom stereocenters. The van der Waals surface area contributed by atoms with Crippen LogP contribution >= 0.6 is 0 Å². The largest absolute Gasteiger partial charge is 0.486 e. The van der Waals surface area contributed by atoms with Gasteiger partial charge in [0.1, 0.15) is 13.2 Å². The summed E-state index contributed by atoms with van der Waals surface area (Å²) in [6.45, 7) is 1.37. The van der Waals surface area contributed by atoms with E-state index in [1.54, 1.807) is 7.11 Å². The lowest BCUT2D eigenvalue weighted by Crippen LogP contribution is -2.21. The maximum Gasteiger partial charge on any atom is 0.303 e. The molecule has 1 atom stereocenters. The predicted octanol–water partition coefficient (Wildman–Crippen LogP) is 1.47. The first-order chi connectivity index (χ1) is 9.63. The maximum absolute atomic E-state index is 10.6. The summed E-state index contributed by atoms with van der Waals surface area (Å²) in [4.78, 5) is 10.6. The maximum atomic E-state index is 10.6. The second kappa shape index (κ2) is 6.58. The molecular formula is C14H19NO5. The van der Waals surface area contributed by atoms with Crippen LogP contribution in [-0.4, -0.2) is 31.4 Å². The van der Waals surface area contributed by atoms with Gasteiger partial charge in [0.25, 0.3) is 0 Å². The number of nitrogens with two attached hydrogens (primary N) is 1. The van der Waals surface area contributed by atoms with Crippen LogP contribution in [0.3, 0.4) is 0 Å². The second-order valence-electron chi connectivity index (χ2n) is 4.64. The zero-order valence-electron chi connectivity index (χ0n) is 11.4. The summed E-state index contributed by atoms with van der Waals surface area (Å²) in [6, 6.07) is 3.35. The van der Waals surface area contributed by atoms with Crippen molar-refractivity contribution in [2.75, 3.05) is 20.3 Å². The van der Waals surface area contributed by atoms with E-state index in [4.69, 9.17) is 25.1 Å². The zero-order chi connectivity index (χ0) is 14.5. The van der Waals surface area contributed by atoms with Crippen molar-refractivity contribution in [2.24, 2.45) is 5.73 Å². The molecule has 0 radical (unpaired) electrons. The summed E-state index contributed by atoms with van der Waals surface area (Å²) in [5.41, 5.74) is 7.74. The standard InChI is InChI=1S/C14H19NO5/c1-18-8-9-2-3-10(11(15)4-5-12(16)17)14-13(9)19-6-7-20-14/h2-3,11H,4-8,15H2,1H3,(H,16,17). The first kappa shape index (κ1) is 14.6. The average molecular weight is 281 g/mol. The number of benzene rings is 1. The molecule has 1 aliphatic heterocycles. The Balaban J connectivity index is 2.27. The van der Waals surface area contributed by atoms with Crippen LogP contribution in [0.4, 0.5) is 0 Å². The molecule has 20 heavy (non-hydrogen) atoms. The fraction of sp³-hybridized carbons (Fsp3) is 0.500. The van der Waals surface area contributed by atoms with Crippen LogP contribution in [0.1, 0.15) is 30.0 Å². The van der Waals surface area contributed by atoms with Crippen molar-refractivity contribution < 1.29 is 24.1 Å². The molecule has 0 aromatic heterocycles. The van der Waals surface area contributed by atoms with Gasteiger partial charge in [0.05, 0.1) is 6.61 Å². The first-order valence-electron chi connectivity index (χ1n) is 6.51. The fourth-order valence-electron chi connectivity index (χ4n) is 2.21. The fourth-order valence-corrected chi connectivity index (χ4v) is 2.21. The highest BCUT2D eigenvalue weighted by atomic mass is 16.6. The molecule has 0 bridgehead atoms. The molecule has 2 rings (SSSR count). The number of hydrogen-bond donors (Lipinski definition) is 2. The highest BCUT2D eigenvalue weighted by molar-refractivity contribution is 5.66.